The summed E-state index contributed by atoms with van der Waals surface area (Å²) in [5, 5.41) is 1.23. The van der Waals surface area contributed by atoms with Crippen LogP contribution in [-0.2, 0) is 16.0 Å². The molecule has 118 valence electrons. The highest BCUT2D eigenvalue weighted by molar-refractivity contribution is 5.84. The van der Waals surface area contributed by atoms with Crippen molar-refractivity contribution in [2.24, 2.45) is 0 Å². The lowest BCUT2D eigenvalue weighted by molar-refractivity contribution is -0.135. The second-order valence-electron chi connectivity index (χ2n) is 5.88. The molecule has 0 aliphatic carbocycles. The van der Waals surface area contributed by atoms with Crippen molar-refractivity contribution in [3.8, 4) is 0 Å². The summed E-state index contributed by atoms with van der Waals surface area (Å²) in [6.07, 6.45) is 5.33. The van der Waals surface area contributed by atoms with Gasteiger partial charge in [-0.3, -0.25) is 4.79 Å². The lowest BCUT2D eigenvalue weighted by Crippen LogP contribution is -2.43. The Hall–Kier alpha value is -1.81. The number of ether oxygens (including phenoxy) is 1. The van der Waals surface area contributed by atoms with Gasteiger partial charge in [-0.25, -0.2) is 0 Å². The van der Waals surface area contributed by atoms with E-state index in [2.05, 4.69) is 24.0 Å². The average molecular weight is 300 g/mol. The summed E-state index contributed by atoms with van der Waals surface area (Å²) in [5.74, 6) is 0.264. The minimum Gasteiger partial charge on any atom is -0.381 e. The van der Waals surface area contributed by atoms with Gasteiger partial charge in [0.15, 0.2) is 0 Å². The summed E-state index contributed by atoms with van der Waals surface area (Å²) in [6.45, 7) is 4.41. The fraction of sp³-hybridized carbons (Fsp3) is 0.500. The molecule has 0 spiro atoms. The monoisotopic (exact) mass is 300 g/mol. The van der Waals surface area contributed by atoms with Gasteiger partial charge in [0.1, 0.15) is 0 Å². The molecule has 0 saturated carbocycles. The van der Waals surface area contributed by atoms with E-state index in [0.29, 0.717) is 12.5 Å². The Kier molecular flexibility index (Phi) is 4.78. The number of hydrogen-bond acceptors (Lipinski definition) is 2. The fourth-order valence-corrected chi connectivity index (χ4v) is 3.36. The lowest BCUT2D eigenvalue weighted by Gasteiger charge is -2.33. The summed E-state index contributed by atoms with van der Waals surface area (Å²) in [6, 6.07) is 8.61. The van der Waals surface area contributed by atoms with Crippen molar-refractivity contribution in [3.63, 3.8) is 0 Å². The van der Waals surface area contributed by atoms with Gasteiger partial charge in [0.25, 0.3) is 0 Å². The molecule has 1 aliphatic heterocycles. The largest absolute Gasteiger partial charge is 0.381 e. The number of rotatable bonds is 5. The van der Waals surface area contributed by atoms with Gasteiger partial charge >= 0.3 is 0 Å². The van der Waals surface area contributed by atoms with Gasteiger partial charge in [-0.15, -0.1) is 0 Å². The van der Waals surface area contributed by atoms with E-state index in [1.807, 2.05) is 23.2 Å². The number of benzene rings is 1. The minimum absolute atomic E-state index is 0.264. The number of nitrogens with one attached hydrogen (secondary N) is 1. The second-order valence-corrected chi connectivity index (χ2v) is 5.88. The molecule has 3 rings (SSSR count). The summed E-state index contributed by atoms with van der Waals surface area (Å²) in [5.41, 5.74) is 2.37. The molecule has 0 radical (unpaired) electrons. The van der Waals surface area contributed by atoms with Crippen LogP contribution in [0.1, 0.15) is 31.7 Å². The first-order valence-corrected chi connectivity index (χ1v) is 8.21. The molecule has 0 atom stereocenters. The third-order valence-electron chi connectivity index (χ3n) is 4.58. The zero-order valence-corrected chi connectivity index (χ0v) is 13.2. The Labute approximate surface area is 131 Å². The molecule has 1 amide bonds. The van der Waals surface area contributed by atoms with Crippen molar-refractivity contribution in [2.45, 2.75) is 38.6 Å². The summed E-state index contributed by atoms with van der Waals surface area (Å²) < 4.78 is 5.40. The van der Waals surface area contributed by atoms with Crippen LogP contribution in [-0.4, -0.2) is 41.6 Å². The van der Waals surface area contributed by atoms with E-state index in [4.69, 9.17) is 4.74 Å². The predicted molar refractivity (Wildman–Crippen MR) is 87.8 cm³/mol. The third-order valence-corrected chi connectivity index (χ3v) is 4.58. The number of carbonyl (C=O) groups excluding carboxylic acids is 1. The molecule has 0 unspecified atom stereocenters. The quantitative estimate of drug-likeness (QED) is 0.922. The van der Waals surface area contributed by atoms with Gasteiger partial charge in [-0.1, -0.05) is 18.2 Å². The van der Waals surface area contributed by atoms with Gasteiger partial charge in [0, 0.05) is 49.3 Å². The molecule has 4 heteroatoms. The molecular weight excluding hydrogens is 276 g/mol. The Morgan fingerprint density at radius 3 is 2.86 bits per heavy atom. The van der Waals surface area contributed by atoms with Crippen LogP contribution in [0.4, 0.5) is 0 Å². The van der Waals surface area contributed by atoms with Crippen molar-refractivity contribution in [3.05, 3.63) is 36.0 Å². The van der Waals surface area contributed by atoms with E-state index in [1.165, 1.54) is 10.9 Å². The van der Waals surface area contributed by atoms with E-state index >= 15 is 0 Å². The smallest absolute Gasteiger partial charge is 0.223 e. The van der Waals surface area contributed by atoms with Crippen LogP contribution < -0.4 is 0 Å². The number of fused-ring (bicyclic) bond motifs is 1. The van der Waals surface area contributed by atoms with Crippen molar-refractivity contribution in [2.75, 3.05) is 19.8 Å². The maximum atomic E-state index is 12.6. The number of carbonyl (C=O) groups is 1. The number of para-hydroxylation sites is 1. The molecule has 4 nitrogen and oxygen atoms in total. The van der Waals surface area contributed by atoms with Crippen molar-refractivity contribution in [1.29, 1.82) is 0 Å². The van der Waals surface area contributed by atoms with Crippen LogP contribution in [0.3, 0.4) is 0 Å². The molecule has 1 aliphatic rings. The summed E-state index contributed by atoms with van der Waals surface area (Å²) in [4.78, 5) is 17.9. The molecule has 2 aromatic rings. The Bertz CT molecular complexity index is 629. The Balaban J connectivity index is 1.63. The minimum atomic E-state index is 0.264. The van der Waals surface area contributed by atoms with Crippen LogP contribution in [0.25, 0.3) is 10.9 Å². The predicted octanol–water partition coefficient (Wildman–Crippen LogP) is 3.13. The first-order valence-electron chi connectivity index (χ1n) is 8.21. The normalized spacial score (nSPS) is 16.0. The van der Waals surface area contributed by atoms with Crippen molar-refractivity contribution >= 4 is 16.8 Å². The summed E-state index contributed by atoms with van der Waals surface area (Å²) in [7, 11) is 0. The van der Waals surface area contributed by atoms with Gasteiger partial charge in [-0.2, -0.15) is 0 Å². The molecule has 1 aromatic heterocycles. The molecule has 1 N–H and O–H groups in total. The van der Waals surface area contributed by atoms with Crippen LogP contribution >= 0.6 is 0 Å². The molecular formula is C18H24N2O2. The molecule has 1 saturated heterocycles. The van der Waals surface area contributed by atoms with Gasteiger partial charge in [0.2, 0.25) is 5.91 Å². The third kappa shape index (κ3) is 3.17. The van der Waals surface area contributed by atoms with Gasteiger partial charge in [0.05, 0.1) is 0 Å². The number of hydrogen-bond donors (Lipinski definition) is 1. The Morgan fingerprint density at radius 1 is 1.32 bits per heavy atom. The fourth-order valence-electron chi connectivity index (χ4n) is 3.36. The number of aryl methyl sites for hydroxylation is 1. The molecule has 0 bridgehead atoms. The van der Waals surface area contributed by atoms with Crippen molar-refractivity contribution in [1.82, 2.24) is 9.88 Å². The molecule has 1 aromatic carbocycles. The second kappa shape index (κ2) is 6.97. The first-order chi connectivity index (χ1) is 10.8. The van der Waals surface area contributed by atoms with E-state index in [-0.39, 0.29) is 5.91 Å². The van der Waals surface area contributed by atoms with Gasteiger partial charge < -0.3 is 14.6 Å². The maximum Gasteiger partial charge on any atom is 0.223 e. The SMILES string of the molecule is CCN(C(=O)CCc1c[nH]c2ccccc12)C1CCOCC1. The van der Waals surface area contributed by atoms with E-state index < -0.39 is 0 Å². The summed E-state index contributed by atoms with van der Waals surface area (Å²) >= 11 is 0. The highest BCUT2D eigenvalue weighted by Gasteiger charge is 2.24. The van der Waals surface area contributed by atoms with E-state index in [1.54, 1.807) is 0 Å². The van der Waals surface area contributed by atoms with Gasteiger partial charge in [-0.05, 0) is 37.8 Å². The first kappa shape index (κ1) is 15.1. The zero-order chi connectivity index (χ0) is 15.4. The number of amides is 1. The number of nitrogens with zero attached hydrogens (tertiary/aromatic N) is 1. The number of aromatic amines is 1. The highest BCUT2D eigenvalue weighted by Crippen LogP contribution is 2.20. The van der Waals surface area contributed by atoms with E-state index in [9.17, 15) is 4.79 Å². The molecule has 2 heterocycles. The average Bonchev–Trinajstić information content (AvgIpc) is 2.98. The van der Waals surface area contributed by atoms with Crippen LogP contribution in [0.15, 0.2) is 30.5 Å². The van der Waals surface area contributed by atoms with Crippen LogP contribution in [0.2, 0.25) is 0 Å². The topological polar surface area (TPSA) is 45.3 Å². The molecule has 1 fully saturated rings. The number of aromatic nitrogens is 1. The van der Waals surface area contributed by atoms with Crippen LogP contribution in [0.5, 0.6) is 0 Å². The Morgan fingerprint density at radius 2 is 2.09 bits per heavy atom. The number of H-pyrrole nitrogens is 1. The zero-order valence-electron chi connectivity index (χ0n) is 13.2. The molecule has 22 heavy (non-hydrogen) atoms. The van der Waals surface area contributed by atoms with Crippen molar-refractivity contribution < 1.29 is 9.53 Å². The highest BCUT2D eigenvalue weighted by atomic mass is 16.5. The standard InChI is InChI=1S/C18H24N2O2/c1-2-20(15-9-11-22-12-10-15)18(21)8-7-14-13-19-17-6-4-3-5-16(14)17/h3-6,13,15,19H,2,7-12H2,1H3. The lowest BCUT2D eigenvalue weighted by atomic mass is 10.0. The maximum absolute atomic E-state index is 12.6. The van der Waals surface area contributed by atoms with E-state index in [0.717, 1.165) is 44.5 Å². The van der Waals surface area contributed by atoms with Crippen LogP contribution in [0, 0.1) is 0 Å².